The Morgan fingerprint density at radius 3 is 2.10 bits per heavy atom. The van der Waals surface area contributed by atoms with E-state index in [-0.39, 0.29) is 29.8 Å². The number of carbonyl (C=O) groups excluding carboxylic acids is 1. The quantitative estimate of drug-likeness (QED) is 0.669. The summed E-state index contributed by atoms with van der Waals surface area (Å²) in [5, 5.41) is 0.472. The van der Waals surface area contributed by atoms with E-state index < -0.39 is 20.0 Å². The van der Waals surface area contributed by atoms with Crippen LogP contribution in [0.3, 0.4) is 0 Å². The summed E-state index contributed by atoms with van der Waals surface area (Å²) in [6.07, 6.45) is 2.69. The van der Waals surface area contributed by atoms with Crippen LogP contribution in [-0.4, -0.2) is 81.8 Å². The molecule has 3 rings (SSSR count). The summed E-state index contributed by atoms with van der Waals surface area (Å²) in [6.45, 7) is 2.17. The summed E-state index contributed by atoms with van der Waals surface area (Å²) in [5.41, 5.74) is 0. The second kappa shape index (κ2) is 8.89. The van der Waals surface area contributed by atoms with Gasteiger partial charge in [-0.25, -0.2) is 21.1 Å². The number of benzene rings is 1. The highest BCUT2D eigenvalue weighted by molar-refractivity contribution is 7.89. The van der Waals surface area contributed by atoms with E-state index >= 15 is 0 Å². The smallest absolute Gasteiger partial charge is 0.243 e. The van der Waals surface area contributed by atoms with Crippen molar-refractivity contribution < 1.29 is 21.6 Å². The minimum atomic E-state index is -3.61. The Bertz CT molecular complexity index is 942. The summed E-state index contributed by atoms with van der Waals surface area (Å²) < 4.78 is 51.8. The van der Waals surface area contributed by atoms with Gasteiger partial charge in [-0.1, -0.05) is 11.6 Å². The largest absolute Gasteiger partial charge is 0.341 e. The molecule has 1 amide bonds. The lowest BCUT2D eigenvalue weighted by Crippen LogP contribution is -2.45. The Morgan fingerprint density at radius 1 is 0.897 bits per heavy atom. The second-order valence-electron chi connectivity index (χ2n) is 7.47. The molecule has 162 valence electrons. The van der Waals surface area contributed by atoms with Gasteiger partial charge in [0, 0.05) is 50.2 Å². The van der Waals surface area contributed by atoms with Gasteiger partial charge in [0.05, 0.1) is 11.2 Å². The van der Waals surface area contributed by atoms with E-state index in [0.717, 1.165) is 0 Å². The zero-order chi connectivity index (χ0) is 21.2. The first kappa shape index (κ1) is 22.5. The Hall–Kier alpha value is -1.20. The van der Waals surface area contributed by atoms with E-state index in [9.17, 15) is 21.6 Å². The summed E-state index contributed by atoms with van der Waals surface area (Å²) in [6, 6.07) is 6.06. The van der Waals surface area contributed by atoms with E-state index in [0.29, 0.717) is 50.5 Å². The molecule has 2 heterocycles. The molecule has 0 saturated carbocycles. The van der Waals surface area contributed by atoms with Crippen molar-refractivity contribution in [3.63, 3.8) is 0 Å². The zero-order valence-corrected chi connectivity index (χ0v) is 18.7. The van der Waals surface area contributed by atoms with Gasteiger partial charge in [0.2, 0.25) is 26.0 Å². The lowest BCUT2D eigenvalue weighted by molar-refractivity contribution is -0.136. The minimum Gasteiger partial charge on any atom is -0.341 e. The van der Waals surface area contributed by atoms with Gasteiger partial charge >= 0.3 is 0 Å². The SMILES string of the molecule is CS(=O)(=O)N1CCCN(C(=O)C2CCN(S(=O)(=O)c3ccc(Cl)cc3)CC2)CC1. The lowest BCUT2D eigenvalue weighted by atomic mass is 9.96. The van der Waals surface area contributed by atoms with Crippen LogP contribution < -0.4 is 0 Å². The standard InChI is InChI=1S/C18H26ClN3O5S2/c1-28(24,25)21-10-2-9-20(13-14-21)18(23)15-7-11-22(12-8-15)29(26,27)17-5-3-16(19)4-6-17/h3-6,15H,2,7-14H2,1H3. The first-order valence-corrected chi connectivity index (χ1v) is 13.3. The van der Waals surface area contributed by atoms with Gasteiger partial charge in [0.25, 0.3) is 0 Å². The average Bonchev–Trinajstić information content (AvgIpc) is 2.94. The monoisotopic (exact) mass is 463 g/mol. The molecule has 1 aromatic rings. The van der Waals surface area contributed by atoms with Crippen LogP contribution in [0.2, 0.25) is 5.02 Å². The Morgan fingerprint density at radius 2 is 1.52 bits per heavy atom. The van der Waals surface area contributed by atoms with E-state index in [4.69, 9.17) is 11.6 Å². The fourth-order valence-corrected chi connectivity index (χ4v) is 6.27. The topological polar surface area (TPSA) is 95.1 Å². The number of sulfonamides is 2. The predicted octanol–water partition coefficient (Wildman–Crippen LogP) is 1.23. The van der Waals surface area contributed by atoms with Crippen molar-refractivity contribution in [2.24, 2.45) is 5.92 Å². The van der Waals surface area contributed by atoms with Gasteiger partial charge in [0.1, 0.15) is 0 Å². The van der Waals surface area contributed by atoms with Gasteiger partial charge in [-0.2, -0.15) is 4.31 Å². The molecule has 1 aromatic carbocycles. The maximum atomic E-state index is 12.9. The number of halogens is 1. The molecular weight excluding hydrogens is 438 g/mol. The van der Waals surface area contributed by atoms with Crippen LogP contribution >= 0.6 is 11.6 Å². The third-order valence-electron chi connectivity index (χ3n) is 5.49. The molecule has 11 heteroatoms. The minimum absolute atomic E-state index is 0.0103. The third-order valence-corrected chi connectivity index (χ3v) is 8.96. The molecule has 2 aliphatic rings. The van der Waals surface area contributed by atoms with Gasteiger partial charge in [-0.05, 0) is 43.5 Å². The highest BCUT2D eigenvalue weighted by Gasteiger charge is 2.34. The maximum Gasteiger partial charge on any atom is 0.243 e. The number of hydrogen-bond donors (Lipinski definition) is 0. The molecule has 29 heavy (non-hydrogen) atoms. The molecule has 0 atom stereocenters. The van der Waals surface area contributed by atoms with Crippen LogP contribution in [0.5, 0.6) is 0 Å². The molecule has 0 bridgehead atoms. The fourth-order valence-electron chi connectivity index (χ4n) is 3.80. The summed E-state index contributed by atoms with van der Waals surface area (Å²) >= 11 is 5.83. The van der Waals surface area contributed by atoms with Gasteiger partial charge in [-0.3, -0.25) is 4.79 Å². The Labute approximate surface area is 177 Å². The van der Waals surface area contributed by atoms with E-state index in [1.807, 2.05) is 0 Å². The number of carbonyl (C=O) groups is 1. The predicted molar refractivity (Wildman–Crippen MR) is 111 cm³/mol. The molecule has 2 aliphatic heterocycles. The van der Waals surface area contributed by atoms with Crippen molar-refractivity contribution in [3.8, 4) is 0 Å². The molecule has 0 aromatic heterocycles. The molecule has 8 nitrogen and oxygen atoms in total. The molecule has 2 fully saturated rings. The first-order chi connectivity index (χ1) is 13.6. The Balaban J connectivity index is 1.59. The lowest BCUT2D eigenvalue weighted by Gasteiger charge is -2.33. The highest BCUT2D eigenvalue weighted by atomic mass is 35.5. The van der Waals surface area contributed by atoms with E-state index in [1.54, 1.807) is 17.0 Å². The molecule has 0 spiro atoms. The second-order valence-corrected chi connectivity index (χ2v) is 11.8. The molecule has 0 N–H and O–H groups in total. The van der Waals surface area contributed by atoms with Gasteiger partial charge < -0.3 is 4.90 Å². The molecule has 0 unspecified atom stereocenters. The first-order valence-electron chi connectivity index (χ1n) is 9.58. The van der Waals surface area contributed by atoms with Crippen molar-refractivity contribution >= 4 is 37.6 Å². The summed E-state index contributed by atoms with van der Waals surface area (Å²) in [5.74, 6) is -0.250. The number of hydrogen-bond acceptors (Lipinski definition) is 5. The van der Waals surface area contributed by atoms with Gasteiger partial charge in [0.15, 0.2) is 0 Å². The Kier molecular flexibility index (Phi) is 6.89. The average molecular weight is 464 g/mol. The molecule has 0 radical (unpaired) electrons. The zero-order valence-electron chi connectivity index (χ0n) is 16.3. The maximum absolute atomic E-state index is 12.9. The van der Waals surface area contributed by atoms with Crippen LogP contribution in [0.4, 0.5) is 0 Å². The van der Waals surface area contributed by atoms with E-state index in [1.165, 1.54) is 27.0 Å². The fraction of sp³-hybridized carbons (Fsp3) is 0.611. The van der Waals surface area contributed by atoms with Crippen LogP contribution in [0.1, 0.15) is 19.3 Å². The molecular formula is C18H26ClN3O5S2. The van der Waals surface area contributed by atoms with Crippen molar-refractivity contribution in [2.75, 3.05) is 45.5 Å². The molecule has 0 aliphatic carbocycles. The van der Waals surface area contributed by atoms with Crippen molar-refractivity contribution in [3.05, 3.63) is 29.3 Å². The van der Waals surface area contributed by atoms with Crippen LogP contribution in [0, 0.1) is 5.92 Å². The van der Waals surface area contributed by atoms with E-state index in [2.05, 4.69) is 0 Å². The van der Waals surface area contributed by atoms with Crippen molar-refractivity contribution in [2.45, 2.75) is 24.2 Å². The van der Waals surface area contributed by atoms with Crippen LogP contribution in [0.15, 0.2) is 29.2 Å². The van der Waals surface area contributed by atoms with Crippen molar-refractivity contribution in [1.82, 2.24) is 13.5 Å². The highest BCUT2D eigenvalue weighted by Crippen LogP contribution is 2.26. The number of rotatable bonds is 4. The number of amides is 1. The van der Waals surface area contributed by atoms with Crippen molar-refractivity contribution in [1.29, 1.82) is 0 Å². The summed E-state index contributed by atoms with van der Waals surface area (Å²) in [4.78, 5) is 14.8. The van der Waals surface area contributed by atoms with Crippen LogP contribution in [0.25, 0.3) is 0 Å². The number of nitrogens with zero attached hydrogens (tertiary/aromatic N) is 3. The third kappa shape index (κ3) is 5.29. The number of piperidine rings is 1. The van der Waals surface area contributed by atoms with Crippen LogP contribution in [-0.2, 0) is 24.8 Å². The summed E-state index contributed by atoms with van der Waals surface area (Å²) in [7, 11) is -6.87. The molecule has 2 saturated heterocycles. The van der Waals surface area contributed by atoms with Gasteiger partial charge in [-0.15, -0.1) is 0 Å². The normalized spacial score (nSPS) is 21.1.